The standard InChI is InChI=1S/C24H13F3N2O3S/c25-24(26,27)18-11-19(14-6-2-1-3-7-14)29-22(17(18)12-28)33-13-20(30)16-10-15-8-4-5-9-21(15)32-23(16)31/h1-11H,13H2. The fourth-order valence-corrected chi connectivity index (χ4v) is 4.07. The third-order valence-corrected chi connectivity index (χ3v) is 5.73. The predicted molar refractivity (Wildman–Crippen MR) is 117 cm³/mol. The van der Waals surface area contributed by atoms with Crippen LogP contribution in [0.4, 0.5) is 13.2 Å². The summed E-state index contributed by atoms with van der Waals surface area (Å²) in [5.41, 5.74) is -2.13. The van der Waals surface area contributed by atoms with E-state index in [2.05, 4.69) is 4.98 Å². The van der Waals surface area contributed by atoms with Gasteiger partial charge in [0.05, 0.1) is 22.6 Å². The predicted octanol–water partition coefficient (Wildman–Crippen LogP) is 5.72. The molecule has 4 aromatic rings. The van der Waals surface area contributed by atoms with Crippen molar-refractivity contribution < 1.29 is 22.4 Å². The first-order valence-electron chi connectivity index (χ1n) is 9.54. The van der Waals surface area contributed by atoms with Crippen molar-refractivity contribution in [1.29, 1.82) is 5.26 Å². The van der Waals surface area contributed by atoms with Crippen LogP contribution in [0.15, 0.2) is 81.0 Å². The van der Waals surface area contributed by atoms with Gasteiger partial charge in [-0.3, -0.25) is 4.79 Å². The van der Waals surface area contributed by atoms with Crippen LogP contribution in [0.5, 0.6) is 0 Å². The summed E-state index contributed by atoms with van der Waals surface area (Å²) in [4.78, 5) is 29.1. The fourth-order valence-electron chi connectivity index (χ4n) is 3.18. The summed E-state index contributed by atoms with van der Waals surface area (Å²) < 4.78 is 46.2. The van der Waals surface area contributed by atoms with E-state index in [0.29, 0.717) is 28.3 Å². The Morgan fingerprint density at radius 2 is 1.76 bits per heavy atom. The Labute approximate surface area is 189 Å². The molecule has 0 aliphatic heterocycles. The van der Waals surface area contributed by atoms with Crippen molar-refractivity contribution in [3.05, 3.63) is 93.8 Å². The highest BCUT2D eigenvalue weighted by molar-refractivity contribution is 8.00. The highest BCUT2D eigenvalue weighted by Crippen LogP contribution is 2.38. The maximum Gasteiger partial charge on any atom is 0.417 e. The summed E-state index contributed by atoms with van der Waals surface area (Å²) >= 11 is 0.664. The van der Waals surface area contributed by atoms with Crippen LogP contribution in [0.2, 0.25) is 0 Å². The molecule has 0 N–H and O–H groups in total. The van der Waals surface area contributed by atoms with Crippen molar-refractivity contribution in [2.45, 2.75) is 11.2 Å². The van der Waals surface area contributed by atoms with Gasteiger partial charge in [-0.25, -0.2) is 9.78 Å². The molecule has 0 spiro atoms. The van der Waals surface area contributed by atoms with Gasteiger partial charge in [0.25, 0.3) is 0 Å². The summed E-state index contributed by atoms with van der Waals surface area (Å²) in [5.74, 6) is -1.05. The number of carbonyl (C=O) groups excluding carboxylic acids is 1. The zero-order valence-electron chi connectivity index (χ0n) is 16.7. The van der Waals surface area contributed by atoms with Crippen molar-refractivity contribution in [2.24, 2.45) is 0 Å². The molecular formula is C24H13F3N2O3S. The van der Waals surface area contributed by atoms with Gasteiger partial charge in [0.15, 0.2) is 5.78 Å². The van der Waals surface area contributed by atoms with Gasteiger partial charge in [0.1, 0.15) is 22.2 Å². The number of rotatable bonds is 5. The van der Waals surface area contributed by atoms with Gasteiger partial charge >= 0.3 is 11.8 Å². The number of para-hydroxylation sites is 1. The van der Waals surface area contributed by atoms with Crippen LogP contribution >= 0.6 is 11.8 Å². The lowest BCUT2D eigenvalue weighted by Crippen LogP contribution is -2.16. The van der Waals surface area contributed by atoms with Gasteiger partial charge in [-0.2, -0.15) is 18.4 Å². The summed E-state index contributed by atoms with van der Waals surface area (Å²) in [6.07, 6.45) is -4.80. The molecule has 0 aliphatic rings. The lowest BCUT2D eigenvalue weighted by atomic mass is 10.1. The smallest absolute Gasteiger partial charge is 0.417 e. The number of alkyl halides is 3. The number of fused-ring (bicyclic) bond motifs is 1. The second kappa shape index (κ2) is 8.92. The minimum Gasteiger partial charge on any atom is -0.422 e. The van der Waals surface area contributed by atoms with Gasteiger partial charge in [-0.05, 0) is 18.2 Å². The van der Waals surface area contributed by atoms with Crippen molar-refractivity contribution in [3.8, 4) is 17.3 Å². The monoisotopic (exact) mass is 466 g/mol. The van der Waals surface area contributed by atoms with Crippen LogP contribution in [-0.2, 0) is 6.18 Å². The molecule has 4 rings (SSSR count). The Morgan fingerprint density at radius 3 is 2.45 bits per heavy atom. The van der Waals surface area contributed by atoms with E-state index in [1.165, 1.54) is 6.07 Å². The van der Waals surface area contributed by atoms with Crippen molar-refractivity contribution in [3.63, 3.8) is 0 Å². The molecule has 0 aliphatic carbocycles. The largest absolute Gasteiger partial charge is 0.422 e. The molecular weight excluding hydrogens is 453 g/mol. The van der Waals surface area contributed by atoms with Crippen LogP contribution in [-0.4, -0.2) is 16.5 Å². The Bertz CT molecular complexity index is 1460. The SMILES string of the molecule is N#Cc1c(C(F)(F)F)cc(-c2ccccc2)nc1SCC(=O)c1cc2ccccc2oc1=O. The third-order valence-electron chi connectivity index (χ3n) is 4.75. The topological polar surface area (TPSA) is 84.0 Å². The van der Waals surface area contributed by atoms with E-state index in [9.17, 15) is 28.0 Å². The Hall–Kier alpha value is -3.90. The molecule has 164 valence electrons. The minimum absolute atomic E-state index is 0.0158. The molecule has 0 atom stereocenters. The summed E-state index contributed by atoms with van der Waals surface area (Å²) in [6, 6.07) is 18.6. The molecule has 0 amide bonds. The van der Waals surface area contributed by atoms with Crippen LogP contribution in [0.3, 0.4) is 0 Å². The number of hydrogen-bond donors (Lipinski definition) is 0. The van der Waals surface area contributed by atoms with E-state index in [0.717, 1.165) is 6.07 Å². The highest BCUT2D eigenvalue weighted by atomic mass is 32.2. The first-order valence-corrected chi connectivity index (χ1v) is 10.5. The van der Waals surface area contributed by atoms with Crippen LogP contribution in [0.25, 0.3) is 22.2 Å². The Morgan fingerprint density at radius 1 is 1.06 bits per heavy atom. The third kappa shape index (κ3) is 4.66. The molecule has 2 heterocycles. The van der Waals surface area contributed by atoms with Gasteiger partial charge in [0, 0.05) is 10.9 Å². The number of nitrogens with zero attached hydrogens (tertiary/aromatic N) is 2. The number of Topliss-reactive ketones (excluding diaryl/α,β-unsaturated/α-hetero) is 1. The number of hydrogen-bond acceptors (Lipinski definition) is 6. The van der Waals surface area contributed by atoms with Crippen molar-refractivity contribution in [1.82, 2.24) is 4.98 Å². The first-order chi connectivity index (χ1) is 15.8. The molecule has 0 radical (unpaired) electrons. The van der Waals surface area contributed by atoms with Crippen LogP contribution < -0.4 is 5.63 Å². The van der Waals surface area contributed by atoms with E-state index >= 15 is 0 Å². The second-order valence-corrected chi connectivity index (χ2v) is 7.87. The fraction of sp³-hybridized carbons (Fsp3) is 0.0833. The van der Waals surface area contributed by atoms with Gasteiger partial charge in [0.2, 0.25) is 0 Å². The Kier molecular flexibility index (Phi) is 6.03. The second-order valence-electron chi connectivity index (χ2n) is 6.91. The lowest BCUT2D eigenvalue weighted by Gasteiger charge is -2.14. The van der Waals surface area contributed by atoms with Crippen molar-refractivity contribution >= 4 is 28.5 Å². The average molecular weight is 466 g/mol. The number of aromatic nitrogens is 1. The highest BCUT2D eigenvalue weighted by Gasteiger charge is 2.36. The lowest BCUT2D eigenvalue weighted by molar-refractivity contribution is -0.138. The number of halogens is 3. The van der Waals surface area contributed by atoms with E-state index in [1.54, 1.807) is 60.7 Å². The quantitative estimate of drug-likeness (QED) is 0.213. The first kappa shape index (κ1) is 22.3. The molecule has 2 aromatic heterocycles. The number of ketones is 1. The van der Waals surface area contributed by atoms with Gasteiger partial charge in [-0.15, -0.1) is 0 Å². The summed E-state index contributed by atoms with van der Waals surface area (Å²) in [6.45, 7) is 0. The number of nitriles is 1. The van der Waals surface area contributed by atoms with E-state index in [4.69, 9.17) is 4.42 Å². The van der Waals surface area contributed by atoms with Crippen molar-refractivity contribution in [2.75, 3.05) is 5.75 Å². The van der Waals surface area contributed by atoms with Gasteiger partial charge < -0.3 is 4.42 Å². The Balaban J connectivity index is 1.72. The molecule has 0 saturated carbocycles. The molecule has 0 bridgehead atoms. The molecule has 0 saturated heterocycles. The molecule has 0 fully saturated rings. The molecule has 9 heteroatoms. The average Bonchev–Trinajstić information content (AvgIpc) is 2.81. The summed E-state index contributed by atoms with van der Waals surface area (Å²) in [7, 11) is 0. The number of benzene rings is 2. The maximum absolute atomic E-state index is 13.7. The zero-order valence-corrected chi connectivity index (χ0v) is 17.5. The molecule has 2 aromatic carbocycles. The molecule has 0 unspecified atom stereocenters. The van der Waals surface area contributed by atoms with Gasteiger partial charge in [-0.1, -0.05) is 60.3 Å². The van der Waals surface area contributed by atoms with Crippen LogP contribution in [0.1, 0.15) is 21.5 Å². The number of carbonyl (C=O) groups is 1. The normalized spacial score (nSPS) is 11.3. The number of thioether (sulfide) groups is 1. The maximum atomic E-state index is 13.7. The van der Waals surface area contributed by atoms with E-state index in [-0.39, 0.29) is 16.3 Å². The molecule has 33 heavy (non-hydrogen) atoms. The zero-order chi connectivity index (χ0) is 23.6. The van der Waals surface area contributed by atoms with E-state index < -0.39 is 34.5 Å². The number of pyridine rings is 1. The minimum atomic E-state index is -4.80. The summed E-state index contributed by atoms with van der Waals surface area (Å²) in [5, 5.41) is 9.70. The van der Waals surface area contributed by atoms with E-state index in [1.807, 2.05) is 0 Å². The van der Waals surface area contributed by atoms with Crippen LogP contribution in [0, 0.1) is 11.3 Å². The molecule has 5 nitrogen and oxygen atoms in total.